The van der Waals surface area contributed by atoms with Crippen LogP contribution in [0, 0.1) is 51.2 Å². The van der Waals surface area contributed by atoms with Crippen LogP contribution in [0.2, 0.25) is 5.02 Å². The smallest absolute Gasteiger partial charge is 0.160 e. The standard InChI is InChI=1S/C39H56ClN3O3/c1-24(2)34-28(45)22-39(31(17-21-44)42(7)43(8)33-13-10-25(40)23-41-33)20-14-27-26(35(34)39)11-12-30-37(27,5)18-15-29-36(3,4)32(46-9)16-19-38(29,30)6/h10,13,17,21,23-24,26-27,29-30,32H,11-12,14-16,18-20,22H2,1-9H3/b31-17-. The Kier molecular flexibility index (Phi) is 8.61. The number of hydrogen-bond donors (Lipinski definition) is 0. The number of methoxy groups -OCH3 is 1. The van der Waals surface area contributed by atoms with Gasteiger partial charge in [-0.05, 0) is 127 Å². The van der Waals surface area contributed by atoms with Crippen molar-refractivity contribution >= 4 is 29.5 Å². The number of Topliss-reactive ketones (excluding diaryl/α,β-unsaturated/α-hetero) is 1. The summed E-state index contributed by atoms with van der Waals surface area (Å²) >= 11 is 6.16. The molecule has 1 aromatic rings. The van der Waals surface area contributed by atoms with Gasteiger partial charge in [-0.15, -0.1) is 0 Å². The molecule has 1 heterocycles. The number of ketones is 1. The van der Waals surface area contributed by atoms with Crippen molar-refractivity contribution < 1.29 is 14.3 Å². The van der Waals surface area contributed by atoms with Crippen molar-refractivity contribution in [2.45, 2.75) is 105 Å². The number of anilines is 1. The highest BCUT2D eigenvalue weighted by molar-refractivity contribution is 6.30. The van der Waals surface area contributed by atoms with Crippen LogP contribution >= 0.6 is 11.6 Å². The molecule has 0 radical (unpaired) electrons. The molecular formula is C39H56ClN3O3. The summed E-state index contributed by atoms with van der Waals surface area (Å²) < 4.78 is 6.08. The molecule has 46 heavy (non-hydrogen) atoms. The number of fused-ring (bicyclic) bond motifs is 7. The van der Waals surface area contributed by atoms with E-state index in [0.29, 0.717) is 46.6 Å². The third kappa shape index (κ3) is 4.77. The van der Waals surface area contributed by atoms with Gasteiger partial charge in [-0.3, -0.25) is 19.6 Å². The molecule has 1 aromatic heterocycles. The zero-order valence-electron chi connectivity index (χ0n) is 29.7. The van der Waals surface area contributed by atoms with Crippen LogP contribution in [-0.2, 0) is 14.3 Å². The summed E-state index contributed by atoms with van der Waals surface area (Å²) in [5, 5.41) is 4.61. The van der Waals surface area contributed by atoms with Gasteiger partial charge in [0.2, 0.25) is 0 Å². The second-order valence-electron chi connectivity index (χ2n) is 16.8. The number of aldehydes is 1. The average Bonchev–Trinajstić information content (AvgIpc) is 3.32. The number of carbonyl (C=O) groups excluding carboxylic acids is 2. The van der Waals surface area contributed by atoms with Gasteiger partial charge in [0.15, 0.2) is 5.78 Å². The summed E-state index contributed by atoms with van der Waals surface area (Å²) in [7, 11) is 5.87. The second kappa shape index (κ2) is 11.8. The zero-order valence-corrected chi connectivity index (χ0v) is 30.4. The molecule has 4 saturated carbocycles. The summed E-state index contributed by atoms with van der Waals surface area (Å²) in [5.74, 6) is 3.35. The third-order valence-corrected chi connectivity index (χ3v) is 14.6. The molecule has 5 aliphatic rings. The Morgan fingerprint density at radius 2 is 1.72 bits per heavy atom. The molecule has 0 aliphatic heterocycles. The van der Waals surface area contributed by atoms with Gasteiger partial charge < -0.3 is 4.74 Å². The van der Waals surface area contributed by atoms with Crippen molar-refractivity contribution in [3.8, 4) is 0 Å². The van der Waals surface area contributed by atoms with Gasteiger partial charge in [-0.1, -0.05) is 53.1 Å². The number of allylic oxidation sites excluding steroid dienone is 3. The van der Waals surface area contributed by atoms with Crippen LogP contribution in [0.5, 0.6) is 0 Å². The Hall–Kier alpha value is -2.18. The predicted molar refractivity (Wildman–Crippen MR) is 185 cm³/mol. The molecule has 0 aromatic carbocycles. The van der Waals surface area contributed by atoms with Gasteiger partial charge in [0.05, 0.1) is 11.1 Å². The molecule has 0 N–H and O–H groups in total. The fraction of sp³-hybridized carbons (Fsp3) is 0.718. The van der Waals surface area contributed by atoms with E-state index in [-0.39, 0.29) is 22.5 Å². The summed E-state index contributed by atoms with van der Waals surface area (Å²) in [6.45, 7) is 14.5. The van der Waals surface area contributed by atoms with Crippen molar-refractivity contribution in [3.63, 3.8) is 0 Å². The summed E-state index contributed by atoms with van der Waals surface area (Å²) in [4.78, 5) is 31.1. The molecule has 0 amide bonds. The largest absolute Gasteiger partial charge is 0.381 e. The van der Waals surface area contributed by atoms with Crippen molar-refractivity contribution in [3.05, 3.63) is 46.3 Å². The minimum Gasteiger partial charge on any atom is -0.381 e. The van der Waals surface area contributed by atoms with Gasteiger partial charge in [-0.25, -0.2) is 4.98 Å². The first-order chi connectivity index (χ1) is 21.7. The van der Waals surface area contributed by atoms with Crippen LogP contribution in [0.4, 0.5) is 5.82 Å². The van der Waals surface area contributed by atoms with E-state index in [1.54, 1.807) is 12.3 Å². The van der Waals surface area contributed by atoms with Gasteiger partial charge in [0, 0.05) is 44.9 Å². The zero-order chi connectivity index (χ0) is 33.4. The lowest BCUT2D eigenvalue weighted by Gasteiger charge is -2.69. The van der Waals surface area contributed by atoms with Gasteiger partial charge in [-0.2, -0.15) is 0 Å². The van der Waals surface area contributed by atoms with Crippen LogP contribution in [0.25, 0.3) is 0 Å². The Morgan fingerprint density at radius 1 is 1.00 bits per heavy atom. The van der Waals surface area contributed by atoms with E-state index in [2.05, 4.69) is 51.5 Å². The molecule has 6 rings (SSSR count). The highest BCUT2D eigenvalue weighted by atomic mass is 35.5. The summed E-state index contributed by atoms with van der Waals surface area (Å²) in [6, 6.07) is 3.72. The fourth-order valence-electron chi connectivity index (χ4n) is 12.5. The van der Waals surface area contributed by atoms with E-state index in [9.17, 15) is 9.59 Å². The lowest BCUT2D eigenvalue weighted by molar-refractivity contribution is -0.207. The molecule has 5 aliphatic carbocycles. The number of ether oxygens (including phenoxy) is 1. The average molecular weight is 650 g/mol. The number of halogens is 1. The van der Waals surface area contributed by atoms with Crippen LogP contribution < -0.4 is 5.01 Å². The highest BCUT2D eigenvalue weighted by Gasteiger charge is 2.67. The normalized spacial score (nSPS) is 38.5. The van der Waals surface area contributed by atoms with Gasteiger partial charge in [0.25, 0.3) is 0 Å². The molecule has 7 heteroatoms. The molecule has 252 valence electrons. The number of hydrazine groups is 1. The lowest BCUT2D eigenvalue weighted by atomic mass is 9.36. The molecule has 8 atom stereocenters. The molecule has 0 bridgehead atoms. The highest BCUT2D eigenvalue weighted by Crippen LogP contribution is 2.73. The first-order valence-electron chi connectivity index (χ1n) is 17.7. The van der Waals surface area contributed by atoms with Crippen molar-refractivity contribution in [1.82, 2.24) is 9.99 Å². The Labute approximate surface area is 282 Å². The Bertz CT molecular complexity index is 1430. The SMILES string of the molecule is COC1CCC2(C)C(CCC3(C)C4CCC5(/C(=C/C=O)N(C)N(C)c6ccc(Cl)cn6)CC(=O)C(C(C)C)=C5C4CCC32)C1(C)C. The number of hydrogen-bond acceptors (Lipinski definition) is 6. The monoisotopic (exact) mass is 649 g/mol. The Balaban J connectivity index is 1.41. The van der Waals surface area contributed by atoms with Crippen molar-refractivity contribution in [2.24, 2.45) is 51.2 Å². The number of rotatable bonds is 7. The van der Waals surface area contributed by atoms with Crippen LogP contribution in [-0.4, -0.2) is 49.4 Å². The predicted octanol–water partition coefficient (Wildman–Crippen LogP) is 8.71. The van der Waals surface area contributed by atoms with Gasteiger partial charge in [0.1, 0.15) is 12.1 Å². The molecule has 0 spiro atoms. The molecule has 0 saturated heterocycles. The summed E-state index contributed by atoms with van der Waals surface area (Å²) in [6.07, 6.45) is 14.2. The number of nitrogens with zero attached hydrogens (tertiary/aromatic N) is 3. The number of carbonyl (C=O) groups is 2. The molecular weight excluding hydrogens is 594 g/mol. The van der Waals surface area contributed by atoms with Crippen molar-refractivity contribution in [1.29, 1.82) is 0 Å². The van der Waals surface area contributed by atoms with Crippen molar-refractivity contribution in [2.75, 3.05) is 26.2 Å². The minimum absolute atomic E-state index is 0.144. The first-order valence-corrected chi connectivity index (χ1v) is 18.1. The van der Waals surface area contributed by atoms with E-state index in [1.165, 1.54) is 31.3 Å². The van der Waals surface area contributed by atoms with E-state index in [0.717, 1.165) is 49.1 Å². The van der Waals surface area contributed by atoms with E-state index in [1.807, 2.05) is 38.3 Å². The third-order valence-electron chi connectivity index (χ3n) is 14.4. The van der Waals surface area contributed by atoms with Crippen LogP contribution in [0.3, 0.4) is 0 Å². The number of aromatic nitrogens is 1. The van der Waals surface area contributed by atoms with E-state index < -0.39 is 5.41 Å². The van der Waals surface area contributed by atoms with E-state index in [4.69, 9.17) is 16.3 Å². The molecule has 4 fully saturated rings. The van der Waals surface area contributed by atoms with Gasteiger partial charge >= 0.3 is 0 Å². The minimum atomic E-state index is -0.489. The topological polar surface area (TPSA) is 62.7 Å². The first kappa shape index (κ1) is 33.7. The van der Waals surface area contributed by atoms with Crippen LogP contribution in [0.15, 0.2) is 41.2 Å². The second-order valence-corrected chi connectivity index (χ2v) is 17.2. The number of pyridine rings is 1. The molecule has 6 nitrogen and oxygen atoms in total. The maximum Gasteiger partial charge on any atom is 0.160 e. The lowest BCUT2D eigenvalue weighted by Crippen LogP contribution is -2.63. The molecule has 8 unspecified atom stereocenters. The van der Waals surface area contributed by atoms with E-state index >= 15 is 0 Å². The van der Waals surface area contributed by atoms with Crippen LogP contribution in [0.1, 0.15) is 99.3 Å². The summed E-state index contributed by atoms with van der Waals surface area (Å²) in [5.41, 5.74) is 3.49. The maximum atomic E-state index is 14.2. The fourth-order valence-corrected chi connectivity index (χ4v) is 12.6. The maximum absolute atomic E-state index is 14.2. The quantitative estimate of drug-likeness (QED) is 0.167. The Morgan fingerprint density at radius 3 is 2.35 bits per heavy atom.